The smallest absolute Gasteiger partial charge is 0.349 e. The predicted molar refractivity (Wildman–Crippen MR) is 118 cm³/mol. The largest absolute Gasteiger partial charge is 0.416 e. The number of carbonyl (C=O) groups excluding carboxylic acids is 2. The highest BCUT2D eigenvalue weighted by Crippen LogP contribution is 2.30. The Morgan fingerprint density at radius 2 is 1.79 bits per heavy atom. The van der Waals surface area contributed by atoms with Crippen LogP contribution < -0.4 is 10.6 Å². The van der Waals surface area contributed by atoms with Crippen LogP contribution in [0.25, 0.3) is 11.0 Å². The van der Waals surface area contributed by atoms with Gasteiger partial charge in [0.15, 0.2) is 0 Å². The van der Waals surface area contributed by atoms with E-state index in [9.17, 15) is 22.8 Å². The summed E-state index contributed by atoms with van der Waals surface area (Å²) >= 11 is 0. The van der Waals surface area contributed by atoms with Crippen molar-refractivity contribution in [3.63, 3.8) is 0 Å². The molecule has 0 bridgehead atoms. The molecule has 9 heteroatoms. The number of nitrogens with one attached hydrogen (secondary N) is 2. The van der Waals surface area contributed by atoms with E-state index in [1.54, 1.807) is 4.57 Å². The van der Waals surface area contributed by atoms with Crippen LogP contribution in [0.3, 0.4) is 0 Å². The number of imidazole rings is 1. The monoisotopic (exact) mass is 458 g/mol. The standard InChI is InChI=1S/C24H25F3N4O2/c25-24(26,27)17-9-6-10-18(13-17)29-22(32)15-31-20-12-5-4-11-19(20)30-21(31)14-28-23(33)16-7-2-1-3-8-16/h4-6,9-13,16H,1-3,7-8,14-15H2,(H,28,33)(H,29,32). The first-order chi connectivity index (χ1) is 15.8. The van der Waals surface area contributed by atoms with Crippen molar-refractivity contribution in [1.82, 2.24) is 14.9 Å². The summed E-state index contributed by atoms with van der Waals surface area (Å²) in [6.07, 6.45) is 0.507. The minimum absolute atomic E-state index is 0.000728. The van der Waals surface area contributed by atoms with Gasteiger partial charge < -0.3 is 15.2 Å². The van der Waals surface area contributed by atoms with Crippen molar-refractivity contribution in [1.29, 1.82) is 0 Å². The third-order valence-corrected chi connectivity index (χ3v) is 5.91. The molecule has 174 valence electrons. The number of amides is 2. The maximum atomic E-state index is 13.0. The molecule has 4 rings (SSSR count). The fraction of sp³-hybridized carbons (Fsp3) is 0.375. The molecule has 3 aromatic rings. The number of nitrogens with zero attached hydrogens (tertiary/aromatic N) is 2. The van der Waals surface area contributed by atoms with Crippen LogP contribution in [0.15, 0.2) is 48.5 Å². The normalized spacial score (nSPS) is 14.9. The van der Waals surface area contributed by atoms with Gasteiger partial charge in [-0.3, -0.25) is 9.59 Å². The number of aromatic nitrogens is 2. The molecule has 1 saturated carbocycles. The quantitative estimate of drug-likeness (QED) is 0.552. The average Bonchev–Trinajstić information content (AvgIpc) is 3.15. The number of benzene rings is 2. The molecule has 1 aliphatic rings. The molecular formula is C24H25F3N4O2. The highest BCUT2D eigenvalue weighted by molar-refractivity contribution is 5.92. The number of halogens is 3. The molecule has 0 unspecified atom stereocenters. The van der Waals surface area contributed by atoms with Gasteiger partial charge in [-0.25, -0.2) is 4.98 Å². The van der Waals surface area contributed by atoms with Crippen molar-refractivity contribution in [3.8, 4) is 0 Å². The number of rotatable bonds is 6. The van der Waals surface area contributed by atoms with E-state index in [0.717, 1.165) is 44.2 Å². The molecule has 2 aromatic carbocycles. The summed E-state index contributed by atoms with van der Waals surface area (Å²) in [6, 6.07) is 11.8. The number of hydrogen-bond donors (Lipinski definition) is 2. The van der Waals surface area contributed by atoms with E-state index in [1.807, 2.05) is 24.3 Å². The SMILES string of the molecule is O=C(Cn1c(CNC(=O)C2CCCCC2)nc2ccccc21)Nc1cccc(C(F)(F)F)c1. The van der Waals surface area contributed by atoms with Gasteiger partial charge in [-0.05, 0) is 43.2 Å². The molecule has 1 aliphatic carbocycles. The molecule has 0 aliphatic heterocycles. The fourth-order valence-corrected chi connectivity index (χ4v) is 4.23. The van der Waals surface area contributed by atoms with Crippen LogP contribution in [-0.2, 0) is 28.9 Å². The van der Waals surface area contributed by atoms with Gasteiger partial charge in [0.1, 0.15) is 12.4 Å². The van der Waals surface area contributed by atoms with Crippen LogP contribution >= 0.6 is 0 Å². The van der Waals surface area contributed by atoms with Crippen LogP contribution in [0, 0.1) is 5.92 Å². The first-order valence-corrected chi connectivity index (χ1v) is 11.0. The Labute approximate surface area is 189 Å². The second kappa shape index (κ2) is 9.64. The number of hydrogen-bond acceptors (Lipinski definition) is 3. The predicted octanol–water partition coefficient (Wildman–Crippen LogP) is 4.89. The molecule has 6 nitrogen and oxygen atoms in total. The van der Waals surface area contributed by atoms with Crippen molar-refractivity contribution in [2.75, 3.05) is 5.32 Å². The molecule has 1 fully saturated rings. The molecule has 0 radical (unpaired) electrons. The Morgan fingerprint density at radius 3 is 2.55 bits per heavy atom. The Balaban J connectivity index is 1.49. The minimum Gasteiger partial charge on any atom is -0.349 e. The van der Waals surface area contributed by atoms with Gasteiger partial charge in [0.25, 0.3) is 0 Å². The summed E-state index contributed by atoms with van der Waals surface area (Å²) in [5.74, 6) is 0.0133. The van der Waals surface area contributed by atoms with Crippen LogP contribution in [0.5, 0.6) is 0 Å². The zero-order valence-electron chi connectivity index (χ0n) is 18.0. The molecule has 2 N–H and O–H groups in total. The van der Waals surface area contributed by atoms with Gasteiger partial charge in [0.05, 0.1) is 23.1 Å². The van der Waals surface area contributed by atoms with Crippen molar-refractivity contribution in [2.24, 2.45) is 5.92 Å². The maximum absolute atomic E-state index is 13.0. The summed E-state index contributed by atoms with van der Waals surface area (Å²) < 4.78 is 40.6. The van der Waals surface area contributed by atoms with Gasteiger partial charge in [-0.1, -0.05) is 37.5 Å². The fourth-order valence-electron chi connectivity index (χ4n) is 4.23. The summed E-state index contributed by atoms with van der Waals surface area (Å²) in [5, 5.41) is 5.46. The second-order valence-electron chi connectivity index (χ2n) is 8.28. The lowest BCUT2D eigenvalue weighted by Crippen LogP contribution is -2.32. The van der Waals surface area contributed by atoms with Crippen LogP contribution in [0.4, 0.5) is 18.9 Å². The minimum atomic E-state index is -4.50. The summed E-state index contributed by atoms with van der Waals surface area (Å²) in [6.45, 7) is 0.0201. The van der Waals surface area contributed by atoms with E-state index in [-0.39, 0.29) is 30.6 Å². The number of fused-ring (bicyclic) bond motifs is 1. The van der Waals surface area contributed by atoms with Crippen molar-refractivity contribution < 1.29 is 22.8 Å². The Hall–Kier alpha value is -3.36. The van der Waals surface area contributed by atoms with Gasteiger partial charge in [0, 0.05) is 11.6 Å². The van der Waals surface area contributed by atoms with Gasteiger partial charge >= 0.3 is 6.18 Å². The highest BCUT2D eigenvalue weighted by Gasteiger charge is 2.30. The third kappa shape index (κ3) is 5.53. The lowest BCUT2D eigenvalue weighted by Gasteiger charge is -2.20. The number of para-hydroxylation sites is 2. The lowest BCUT2D eigenvalue weighted by atomic mass is 9.89. The Bertz CT molecular complexity index is 1150. The number of carbonyl (C=O) groups is 2. The number of alkyl halides is 3. The van der Waals surface area contributed by atoms with E-state index >= 15 is 0 Å². The van der Waals surface area contributed by atoms with Gasteiger partial charge in [0.2, 0.25) is 11.8 Å². The second-order valence-corrected chi connectivity index (χ2v) is 8.28. The first-order valence-electron chi connectivity index (χ1n) is 11.0. The first kappa shape index (κ1) is 22.8. The van der Waals surface area contributed by atoms with E-state index < -0.39 is 17.6 Å². The maximum Gasteiger partial charge on any atom is 0.416 e. The lowest BCUT2D eigenvalue weighted by molar-refractivity contribution is -0.137. The molecule has 2 amide bonds. The molecular weight excluding hydrogens is 433 g/mol. The van der Waals surface area contributed by atoms with E-state index in [0.29, 0.717) is 16.9 Å². The highest BCUT2D eigenvalue weighted by atomic mass is 19.4. The average molecular weight is 458 g/mol. The van der Waals surface area contributed by atoms with Crippen LogP contribution in [-0.4, -0.2) is 21.4 Å². The molecule has 33 heavy (non-hydrogen) atoms. The third-order valence-electron chi connectivity index (χ3n) is 5.91. The van der Waals surface area contributed by atoms with Gasteiger partial charge in [-0.2, -0.15) is 13.2 Å². The van der Waals surface area contributed by atoms with Crippen molar-refractivity contribution in [3.05, 3.63) is 59.9 Å². The summed E-state index contributed by atoms with van der Waals surface area (Å²) in [4.78, 5) is 29.8. The van der Waals surface area contributed by atoms with Gasteiger partial charge in [-0.15, -0.1) is 0 Å². The summed E-state index contributed by atoms with van der Waals surface area (Å²) in [5.41, 5.74) is 0.607. The Kier molecular flexibility index (Phi) is 6.67. The topological polar surface area (TPSA) is 76.0 Å². The molecule has 0 spiro atoms. The van der Waals surface area contributed by atoms with Crippen molar-refractivity contribution in [2.45, 2.75) is 51.4 Å². The summed E-state index contributed by atoms with van der Waals surface area (Å²) in [7, 11) is 0. The molecule has 0 saturated heterocycles. The number of anilines is 1. The zero-order valence-corrected chi connectivity index (χ0v) is 18.0. The van der Waals surface area contributed by atoms with Crippen LogP contribution in [0.1, 0.15) is 43.5 Å². The molecule has 0 atom stereocenters. The van der Waals surface area contributed by atoms with Crippen LogP contribution in [0.2, 0.25) is 0 Å². The van der Waals surface area contributed by atoms with E-state index in [2.05, 4.69) is 15.6 Å². The molecule has 1 heterocycles. The van der Waals surface area contributed by atoms with E-state index in [4.69, 9.17) is 0 Å². The Morgan fingerprint density at radius 1 is 1.03 bits per heavy atom. The van der Waals surface area contributed by atoms with Crippen molar-refractivity contribution >= 4 is 28.5 Å². The zero-order chi connectivity index (χ0) is 23.4. The molecule has 1 aromatic heterocycles. The van der Waals surface area contributed by atoms with E-state index in [1.165, 1.54) is 12.1 Å².